The number of hydrogen-bond donors (Lipinski definition) is 3. The number of hydrazone groups is 1. The van der Waals surface area contributed by atoms with E-state index in [0.29, 0.717) is 43.5 Å². The molecule has 9 nitrogen and oxygen atoms in total. The minimum Gasteiger partial charge on any atom is -0.478 e. The van der Waals surface area contributed by atoms with Gasteiger partial charge in [-0.3, -0.25) is 5.43 Å². The number of nitrogens with zero attached hydrogens (tertiary/aromatic N) is 5. The van der Waals surface area contributed by atoms with Crippen LogP contribution in [0, 0.1) is 5.82 Å². The number of halogens is 1. The highest BCUT2D eigenvalue weighted by Crippen LogP contribution is 2.33. The number of thiocarbonyl (C=S) groups is 1. The molecule has 0 saturated carbocycles. The quantitative estimate of drug-likeness (QED) is 0.292. The number of hydrogen-bond acceptors (Lipinski definition) is 7. The third-order valence-electron chi connectivity index (χ3n) is 6.81. The Kier molecular flexibility index (Phi) is 7.90. The van der Waals surface area contributed by atoms with Crippen LogP contribution >= 0.6 is 12.2 Å². The largest absolute Gasteiger partial charge is 0.478 e. The Balaban J connectivity index is 1.54. The molecule has 2 aliphatic rings. The monoisotopic (exact) mass is 513 g/mol. The summed E-state index contributed by atoms with van der Waals surface area (Å²) < 4.78 is 15.4. The molecular formula is C25H32FN7O2S. The van der Waals surface area contributed by atoms with Crippen molar-refractivity contribution < 1.29 is 14.3 Å². The lowest BCUT2D eigenvalue weighted by Gasteiger charge is -2.38. The summed E-state index contributed by atoms with van der Waals surface area (Å²) in [5.41, 5.74) is 11.4. The number of nitrogens with one attached hydrogen (secondary N) is 1. The van der Waals surface area contributed by atoms with Crippen LogP contribution in [0.25, 0.3) is 0 Å². The number of piperazine rings is 1. The third kappa shape index (κ3) is 5.85. The highest BCUT2D eigenvalue weighted by molar-refractivity contribution is 7.80. The minimum absolute atomic E-state index is 0.0502. The topological polar surface area (TPSA) is 101 Å². The van der Waals surface area contributed by atoms with Crippen molar-refractivity contribution in [2.45, 2.75) is 12.5 Å². The van der Waals surface area contributed by atoms with Gasteiger partial charge in [0.2, 0.25) is 0 Å². The van der Waals surface area contributed by atoms with Crippen LogP contribution in [-0.4, -0.2) is 86.7 Å². The van der Waals surface area contributed by atoms with Crippen LogP contribution in [0.3, 0.4) is 0 Å². The fourth-order valence-corrected chi connectivity index (χ4v) is 4.81. The smallest absolute Gasteiger partial charge is 0.335 e. The van der Waals surface area contributed by atoms with E-state index < -0.39 is 5.97 Å². The van der Waals surface area contributed by atoms with Gasteiger partial charge in [0.1, 0.15) is 5.82 Å². The zero-order valence-electron chi connectivity index (χ0n) is 20.5. The van der Waals surface area contributed by atoms with Gasteiger partial charge in [-0.25, -0.2) is 9.18 Å². The number of aromatic carboxylic acids is 1. The maximum atomic E-state index is 15.4. The molecule has 2 fully saturated rings. The van der Waals surface area contributed by atoms with E-state index in [9.17, 15) is 4.79 Å². The Morgan fingerprint density at radius 1 is 1.11 bits per heavy atom. The average Bonchev–Trinajstić information content (AvgIpc) is 3.35. The number of rotatable bonds is 7. The van der Waals surface area contributed by atoms with Crippen molar-refractivity contribution in [3.63, 3.8) is 0 Å². The number of carboxylic acid groups (broad SMARTS) is 1. The molecule has 4 N–H and O–H groups in total. The van der Waals surface area contributed by atoms with E-state index in [2.05, 4.69) is 44.2 Å². The molecule has 4 rings (SSSR count). The van der Waals surface area contributed by atoms with Crippen LogP contribution in [0.15, 0.2) is 41.5 Å². The van der Waals surface area contributed by atoms with E-state index in [4.69, 9.17) is 23.1 Å². The number of carboxylic acids is 1. The zero-order chi connectivity index (χ0) is 25.8. The summed E-state index contributed by atoms with van der Waals surface area (Å²) in [6.07, 6.45) is 2.59. The van der Waals surface area contributed by atoms with E-state index in [1.165, 1.54) is 6.07 Å². The SMILES string of the molecule is CN(C)[C@@H]1CCN(c2cc(N3CCN(c4ccc(C(=O)O)cc4)CC3)c(F)cc2/C=N/NC(N)=S)C1. The van der Waals surface area contributed by atoms with Gasteiger partial charge in [-0.05, 0) is 69.1 Å². The third-order valence-corrected chi connectivity index (χ3v) is 6.90. The summed E-state index contributed by atoms with van der Waals surface area (Å²) in [6.45, 7) is 4.42. The fraction of sp³-hybridized carbons (Fsp3) is 0.400. The van der Waals surface area contributed by atoms with E-state index in [1.54, 1.807) is 18.3 Å². The van der Waals surface area contributed by atoms with E-state index in [-0.39, 0.29) is 16.5 Å². The summed E-state index contributed by atoms with van der Waals surface area (Å²) in [7, 11) is 4.15. The van der Waals surface area contributed by atoms with Gasteiger partial charge in [0, 0.05) is 62.2 Å². The zero-order valence-corrected chi connectivity index (χ0v) is 21.3. The Bertz CT molecular complexity index is 1130. The normalized spacial score (nSPS) is 18.3. The first-order chi connectivity index (χ1) is 17.2. The van der Waals surface area contributed by atoms with Crippen molar-refractivity contribution in [1.29, 1.82) is 0 Å². The highest BCUT2D eigenvalue weighted by Gasteiger charge is 2.28. The van der Waals surface area contributed by atoms with Crippen molar-refractivity contribution in [3.8, 4) is 0 Å². The molecule has 0 spiro atoms. The van der Waals surface area contributed by atoms with Crippen molar-refractivity contribution in [3.05, 3.63) is 53.3 Å². The molecule has 11 heteroatoms. The van der Waals surface area contributed by atoms with Gasteiger partial charge in [-0.15, -0.1) is 0 Å². The Labute approximate surface area is 215 Å². The Morgan fingerprint density at radius 3 is 2.36 bits per heavy atom. The molecular weight excluding hydrogens is 481 g/mol. The number of anilines is 3. The van der Waals surface area contributed by atoms with Crippen LogP contribution in [0.2, 0.25) is 0 Å². The van der Waals surface area contributed by atoms with Crippen LogP contribution in [0.4, 0.5) is 21.5 Å². The molecule has 2 heterocycles. The lowest BCUT2D eigenvalue weighted by molar-refractivity contribution is 0.0697. The van der Waals surface area contributed by atoms with E-state index in [0.717, 1.165) is 30.9 Å². The van der Waals surface area contributed by atoms with Gasteiger partial charge < -0.3 is 30.4 Å². The van der Waals surface area contributed by atoms with Gasteiger partial charge in [0.25, 0.3) is 0 Å². The maximum absolute atomic E-state index is 15.4. The van der Waals surface area contributed by atoms with Gasteiger partial charge >= 0.3 is 5.97 Å². The van der Waals surface area contributed by atoms with Crippen molar-refractivity contribution >= 4 is 46.6 Å². The fourth-order valence-electron chi connectivity index (χ4n) is 4.75. The van der Waals surface area contributed by atoms with Crippen molar-refractivity contribution in [2.24, 2.45) is 10.8 Å². The summed E-state index contributed by atoms with van der Waals surface area (Å²) in [5.74, 6) is -1.25. The molecule has 0 amide bonds. The molecule has 2 saturated heterocycles. The highest BCUT2D eigenvalue weighted by atomic mass is 32.1. The molecule has 0 radical (unpaired) electrons. The van der Waals surface area contributed by atoms with Crippen molar-refractivity contribution in [2.75, 3.05) is 68.1 Å². The van der Waals surface area contributed by atoms with Crippen LogP contribution in [-0.2, 0) is 0 Å². The number of carbonyl (C=O) groups is 1. The maximum Gasteiger partial charge on any atom is 0.335 e. The summed E-state index contributed by atoms with van der Waals surface area (Å²) in [5, 5.41) is 13.2. The second-order valence-corrected chi connectivity index (χ2v) is 9.71. The molecule has 2 aliphatic heterocycles. The molecule has 1 atom stereocenters. The van der Waals surface area contributed by atoms with Gasteiger partial charge in [-0.2, -0.15) is 5.10 Å². The molecule has 36 heavy (non-hydrogen) atoms. The summed E-state index contributed by atoms with van der Waals surface area (Å²) in [4.78, 5) is 19.9. The van der Waals surface area contributed by atoms with E-state index in [1.807, 2.05) is 18.2 Å². The summed E-state index contributed by atoms with van der Waals surface area (Å²) in [6, 6.07) is 10.7. The predicted octanol–water partition coefficient (Wildman–Crippen LogP) is 2.16. The molecule has 0 unspecified atom stereocenters. The lowest BCUT2D eigenvalue weighted by atomic mass is 10.1. The van der Waals surface area contributed by atoms with Crippen LogP contribution in [0.1, 0.15) is 22.3 Å². The Morgan fingerprint density at radius 2 is 1.78 bits per heavy atom. The number of likely N-dealkylation sites (N-methyl/N-ethyl adjacent to an activating group) is 1. The summed E-state index contributed by atoms with van der Waals surface area (Å²) >= 11 is 4.82. The second kappa shape index (κ2) is 11.1. The first kappa shape index (κ1) is 25.6. The predicted molar refractivity (Wildman–Crippen MR) is 146 cm³/mol. The molecule has 192 valence electrons. The second-order valence-electron chi connectivity index (χ2n) is 9.27. The first-order valence-corrected chi connectivity index (χ1v) is 12.3. The van der Waals surface area contributed by atoms with Crippen LogP contribution in [0.5, 0.6) is 0 Å². The molecule has 0 aliphatic carbocycles. The van der Waals surface area contributed by atoms with Gasteiger partial charge in [-0.1, -0.05) is 0 Å². The minimum atomic E-state index is -0.942. The number of benzene rings is 2. The average molecular weight is 514 g/mol. The van der Waals surface area contributed by atoms with Gasteiger partial charge in [0.05, 0.1) is 17.5 Å². The Hall–Kier alpha value is -3.44. The molecule has 2 aromatic rings. The molecule has 0 bridgehead atoms. The standard InChI is InChI=1S/C25H32FN7O2S/c1-30(2)20-7-8-33(16-20)22-14-23(21(26)13-18(22)15-28-29-25(27)36)32-11-9-31(10-12-32)19-5-3-17(4-6-19)24(34)35/h3-6,13-15,20H,7-12,16H2,1-2H3,(H,34,35)(H3,27,29,36)/b28-15+/t20-/m1/s1. The number of nitrogens with two attached hydrogens (primary N) is 1. The van der Waals surface area contributed by atoms with Crippen LogP contribution < -0.4 is 25.9 Å². The van der Waals surface area contributed by atoms with Gasteiger partial charge in [0.15, 0.2) is 5.11 Å². The van der Waals surface area contributed by atoms with Crippen molar-refractivity contribution in [1.82, 2.24) is 10.3 Å². The first-order valence-electron chi connectivity index (χ1n) is 11.9. The van der Waals surface area contributed by atoms with E-state index >= 15 is 4.39 Å². The lowest BCUT2D eigenvalue weighted by Crippen LogP contribution is -2.47. The molecule has 0 aromatic heterocycles. The molecule has 2 aromatic carbocycles.